The number of fused-ring (bicyclic) bond motifs is 1. The third kappa shape index (κ3) is 1.80. The third-order valence-electron chi connectivity index (χ3n) is 2.54. The summed E-state index contributed by atoms with van der Waals surface area (Å²) in [5, 5.41) is 0. The first-order valence-corrected chi connectivity index (χ1v) is 5.94. The molecule has 0 spiro atoms. The lowest BCUT2D eigenvalue weighted by molar-refractivity contribution is 0.620. The number of anilines is 1. The summed E-state index contributed by atoms with van der Waals surface area (Å²) in [7, 11) is 0. The van der Waals surface area contributed by atoms with Crippen LogP contribution in [0.5, 0.6) is 0 Å². The smallest absolute Gasteiger partial charge is 0.227 e. The molecule has 3 rings (SSSR count). The summed E-state index contributed by atoms with van der Waals surface area (Å²) in [5.74, 6) is 0.588. The van der Waals surface area contributed by atoms with E-state index < -0.39 is 0 Å². The van der Waals surface area contributed by atoms with Gasteiger partial charge in [0.15, 0.2) is 5.58 Å². The number of nitrogens with two attached hydrogens (primary N) is 1. The maximum absolute atomic E-state index is 5.84. The second-order valence-electron chi connectivity index (χ2n) is 3.72. The van der Waals surface area contributed by atoms with Gasteiger partial charge in [0.05, 0.1) is 5.69 Å². The lowest BCUT2D eigenvalue weighted by Gasteiger charge is -1.94. The molecule has 4 heteroatoms. The van der Waals surface area contributed by atoms with Crippen molar-refractivity contribution in [2.24, 2.45) is 0 Å². The number of nitrogens with zero attached hydrogens (tertiary/aromatic N) is 1. The molecule has 0 fully saturated rings. The molecule has 0 aliphatic carbocycles. The van der Waals surface area contributed by atoms with E-state index in [0.29, 0.717) is 22.7 Å². The highest BCUT2D eigenvalue weighted by Gasteiger charge is 2.09. The Bertz CT molecular complexity index is 673. The zero-order valence-corrected chi connectivity index (χ0v) is 10.4. The van der Waals surface area contributed by atoms with Gasteiger partial charge in [-0.1, -0.05) is 22.0 Å². The summed E-state index contributed by atoms with van der Waals surface area (Å²) in [4.78, 5) is 4.41. The molecule has 0 saturated carbocycles. The molecule has 0 aliphatic rings. The SMILES string of the molecule is Nc1cccc2oc(-c3ccc(Br)cc3)nc12. The lowest BCUT2D eigenvalue weighted by atomic mass is 10.2. The minimum atomic E-state index is 0.588. The van der Waals surface area contributed by atoms with Crippen LogP contribution in [0.15, 0.2) is 51.4 Å². The van der Waals surface area contributed by atoms with Crippen LogP contribution < -0.4 is 5.73 Å². The minimum Gasteiger partial charge on any atom is -0.436 e. The van der Waals surface area contributed by atoms with Crippen molar-refractivity contribution in [3.8, 4) is 11.5 Å². The van der Waals surface area contributed by atoms with Gasteiger partial charge in [0.2, 0.25) is 5.89 Å². The number of aromatic nitrogens is 1. The molecule has 17 heavy (non-hydrogen) atoms. The van der Waals surface area contributed by atoms with Crippen molar-refractivity contribution < 1.29 is 4.42 Å². The van der Waals surface area contributed by atoms with Crippen LogP contribution >= 0.6 is 15.9 Å². The molecule has 1 aromatic heterocycles. The third-order valence-corrected chi connectivity index (χ3v) is 3.07. The number of para-hydroxylation sites is 1. The van der Waals surface area contributed by atoms with E-state index in [1.807, 2.05) is 42.5 Å². The summed E-state index contributed by atoms with van der Waals surface area (Å²) in [6, 6.07) is 13.3. The second-order valence-corrected chi connectivity index (χ2v) is 4.64. The molecular weight excluding hydrogens is 280 g/mol. The molecule has 0 aliphatic heterocycles. The highest BCUT2D eigenvalue weighted by molar-refractivity contribution is 9.10. The largest absolute Gasteiger partial charge is 0.436 e. The quantitative estimate of drug-likeness (QED) is 0.692. The van der Waals surface area contributed by atoms with E-state index in [2.05, 4.69) is 20.9 Å². The van der Waals surface area contributed by atoms with Gasteiger partial charge in [0, 0.05) is 10.0 Å². The number of hydrogen-bond acceptors (Lipinski definition) is 3. The maximum atomic E-state index is 5.84. The zero-order valence-electron chi connectivity index (χ0n) is 8.85. The fourth-order valence-electron chi connectivity index (χ4n) is 1.69. The molecule has 84 valence electrons. The van der Waals surface area contributed by atoms with Crippen LogP contribution in [0.25, 0.3) is 22.6 Å². The predicted octanol–water partition coefficient (Wildman–Crippen LogP) is 3.84. The average Bonchev–Trinajstić information content (AvgIpc) is 2.75. The number of oxazole rings is 1. The van der Waals surface area contributed by atoms with E-state index in [1.165, 1.54) is 0 Å². The second kappa shape index (κ2) is 3.89. The molecular formula is C13H9BrN2O. The van der Waals surface area contributed by atoms with Crippen molar-refractivity contribution in [1.82, 2.24) is 4.98 Å². The highest BCUT2D eigenvalue weighted by Crippen LogP contribution is 2.27. The maximum Gasteiger partial charge on any atom is 0.227 e. The van der Waals surface area contributed by atoms with Gasteiger partial charge in [0.25, 0.3) is 0 Å². The predicted molar refractivity (Wildman–Crippen MR) is 71.6 cm³/mol. The van der Waals surface area contributed by atoms with Gasteiger partial charge in [-0.2, -0.15) is 0 Å². The van der Waals surface area contributed by atoms with E-state index in [1.54, 1.807) is 0 Å². The minimum absolute atomic E-state index is 0.588. The highest BCUT2D eigenvalue weighted by atomic mass is 79.9. The fraction of sp³-hybridized carbons (Fsp3) is 0. The van der Waals surface area contributed by atoms with E-state index in [9.17, 15) is 0 Å². The monoisotopic (exact) mass is 288 g/mol. The summed E-state index contributed by atoms with van der Waals surface area (Å²) < 4.78 is 6.69. The van der Waals surface area contributed by atoms with Gasteiger partial charge < -0.3 is 10.2 Å². The molecule has 1 heterocycles. The van der Waals surface area contributed by atoms with Crippen molar-refractivity contribution in [1.29, 1.82) is 0 Å². The Kier molecular flexibility index (Phi) is 2.37. The molecule has 2 N–H and O–H groups in total. The summed E-state index contributed by atoms with van der Waals surface area (Å²) in [5.41, 5.74) is 8.83. The van der Waals surface area contributed by atoms with Crippen LogP contribution in [-0.2, 0) is 0 Å². The summed E-state index contributed by atoms with van der Waals surface area (Å²) in [6.45, 7) is 0. The first kappa shape index (κ1) is 10.4. The number of hydrogen-bond donors (Lipinski definition) is 1. The molecule has 0 unspecified atom stereocenters. The molecule has 2 aromatic carbocycles. The van der Waals surface area contributed by atoms with Gasteiger partial charge in [-0.3, -0.25) is 0 Å². The molecule has 0 saturated heterocycles. The number of benzene rings is 2. The van der Waals surface area contributed by atoms with E-state index in [-0.39, 0.29) is 0 Å². The lowest BCUT2D eigenvalue weighted by Crippen LogP contribution is -1.85. The Morgan fingerprint density at radius 1 is 1.06 bits per heavy atom. The Morgan fingerprint density at radius 2 is 1.82 bits per heavy atom. The molecule has 0 bridgehead atoms. The summed E-state index contributed by atoms with van der Waals surface area (Å²) in [6.07, 6.45) is 0. The van der Waals surface area contributed by atoms with Crippen molar-refractivity contribution in [2.75, 3.05) is 5.73 Å². The molecule has 3 nitrogen and oxygen atoms in total. The summed E-state index contributed by atoms with van der Waals surface area (Å²) >= 11 is 3.39. The molecule has 0 amide bonds. The number of nitrogen functional groups attached to an aromatic ring is 1. The topological polar surface area (TPSA) is 52.0 Å². The first-order chi connectivity index (χ1) is 8.24. The molecule has 3 aromatic rings. The van der Waals surface area contributed by atoms with Crippen molar-refractivity contribution in [2.45, 2.75) is 0 Å². The average molecular weight is 289 g/mol. The van der Waals surface area contributed by atoms with Crippen LogP contribution in [0.1, 0.15) is 0 Å². The molecule has 0 atom stereocenters. The van der Waals surface area contributed by atoms with Gasteiger partial charge in [-0.05, 0) is 36.4 Å². The standard InChI is InChI=1S/C13H9BrN2O/c14-9-6-4-8(5-7-9)13-16-12-10(15)2-1-3-11(12)17-13/h1-7H,15H2. The fourth-order valence-corrected chi connectivity index (χ4v) is 1.95. The van der Waals surface area contributed by atoms with Crippen molar-refractivity contribution in [3.05, 3.63) is 46.9 Å². The number of rotatable bonds is 1. The van der Waals surface area contributed by atoms with Crippen LogP contribution in [0, 0.1) is 0 Å². The van der Waals surface area contributed by atoms with Gasteiger partial charge in [0.1, 0.15) is 5.52 Å². The first-order valence-electron chi connectivity index (χ1n) is 5.15. The van der Waals surface area contributed by atoms with E-state index >= 15 is 0 Å². The van der Waals surface area contributed by atoms with Crippen molar-refractivity contribution >= 4 is 32.7 Å². The van der Waals surface area contributed by atoms with Crippen molar-refractivity contribution in [3.63, 3.8) is 0 Å². The van der Waals surface area contributed by atoms with E-state index in [0.717, 1.165) is 10.0 Å². The van der Waals surface area contributed by atoms with Gasteiger partial charge in [-0.25, -0.2) is 4.98 Å². The molecule has 0 radical (unpaired) electrons. The Hall–Kier alpha value is -1.81. The van der Waals surface area contributed by atoms with E-state index in [4.69, 9.17) is 10.2 Å². The zero-order chi connectivity index (χ0) is 11.8. The van der Waals surface area contributed by atoms with Crippen LogP contribution in [0.3, 0.4) is 0 Å². The van der Waals surface area contributed by atoms with Gasteiger partial charge in [-0.15, -0.1) is 0 Å². The Morgan fingerprint density at radius 3 is 2.53 bits per heavy atom. The van der Waals surface area contributed by atoms with Crippen LogP contribution in [-0.4, -0.2) is 4.98 Å². The van der Waals surface area contributed by atoms with Crippen LogP contribution in [0.4, 0.5) is 5.69 Å². The normalized spacial score (nSPS) is 10.9. The number of halogens is 1. The van der Waals surface area contributed by atoms with Gasteiger partial charge >= 0.3 is 0 Å². The Labute approximate surface area is 106 Å². The van der Waals surface area contributed by atoms with Crippen LogP contribution in [0.2, 0.25) is 0 Å². The Balaban J connectivity index is 2.18.